The number of hydrogen-bond acceptors (Lipinski definition) is 5. The predicted octanol–water partition coefficient (Wildman–Crippen LogP) is 4.66. The number of carbonyl (C=O) groups excluding carboxylic acids is 1. The fourth-order valence-electron chi connectivity index (χ4n) is 4.01. The molecule has 1 atom stereocenters. The highest BCUT2D eigenvalue weighted by Gasteiger charge is 2.56. The molecule has 1 saturated carbocycles. The predicted molar refractivity (Wildman–Crippen MR) is 101 cm³/mol. The van der Waals surface area contributed by atoms with E-state index in [2.05, 4.69) is 17.2 Å². The van der Waals surface area contributed by atoms with Gasteiger partial charge in [0.1, 0.15) is 9.76 Å². The van der Waals surface area contributed by atoms with Crippen molar-refractivity contribution in [1.82, 2.24) is 4.98 Å². The second kappa shape index (κ2) is 6.32. The van der Waals surface area contributed by atoms with E-state index in [4.69, 9.17) is 4.74 Å². The number of nitrogens with one attached hydrogen (secondary N) is 1. The molecular weight excluding hydrogens is 340 g/mol. The Kier molecular flexibility index (Phi) is 4.31. The Balaban J connectivity index is 1.63. The number of thiophene rings is 1. The normalized spacial score (nSPS) is 26.5. The summed E-state index contributed by atoms with van der Waals surface area (Å²) in [5.74, 6) is 1.06. The van der Waals surface area contributed by atoms with Crippen molar-refractivity contribution in [2.24, 2.45) is 5.41 Å². The van der Waals surface area contributed by atoms with Crippen LogP contribution in [0.25, 0.3) is 10.2 Å². The van der Waals surface area contributed by atoms with Crippen LogP contribution < -0.4 is 5.32 Å². The largest absolute Gasteiger partial charge is 0.363 e. The first-order chi connectivity index (χ1) is 11.6. The standard InChI is InChI=1S/C18H22N2O2S2/c1-17(22-8-10-24-17)18(6-3-2-4-7-18)16(21)20-14-11-13-5-9-23-15(13)19-12-14/h5,9,11-12H,2-4,6-8,10H2,1H3,(H,20,21). The summed E-state index contributed by atoms with van der Waals surface area (Å²) in [5.41, 5.74) is 0.332. The highest BCUT2D eigenvalue weighted by atomic mass is 32.2. The molecule has 0 radical (unpaired) electrons. The first-order valence-corrected chi connectivity index (χ1v) is 10.4. The molecule has 128 valence electrons. The summed E-state index contributed by atoms with van der Waals surface area (Å²) in [6, 6.07) is 4.05. The van der Waals surface area contributed by atoms with E-state index in [9.17, 15) is 4.79 Å². The molecule has 1 unspecified atom stereocenters. The lowest BCUT2D eigenvalue weighted by Crippen LogP contribution is -2.52. The minimum atomic E-state index is -0.448. The Morgan fingerprint density at radius 1 is 1.33 bits per heavy atom. The molecule has 1 aliphatic heterocycles. The number of nitrogens with zero attached hydrogens (tertiary/aromatic N) is 1. The van der Waals surface area contributed by atoms with Gasteiger partial charge in [0.2, 0.25) is 5.91 Å². The number of thioether (sulfide) groups is 1. The van der Waals surface area contributed by atoms with Gasteiger partial charge < -0.3 is 10.1 Å². The number of pyridine rings is 1. The van der Waals surface area contributed by atoms with Crippen LogP contribution in [0.2, 0.25) is 0 Å². The third-order valence-electron chi connectivity index (χ3n) is 5.41. The van der Waals surface area contributed by atoms with Gasteiger partial charge in [-0.2, -0.15) is 0 Å². The molecule has 0 bridgehead atoms. The molecule has 1 saturated heterocycles. The van der Waals surface area contributed by atoms with Crippen LogP contribution in [0, 0.1) is 5.41 Å². The first-order valence-electron chi connectivity index (χ1n) is 8.56. The molecule has 0 spiro atoms. The second-order valence-corrected chi connectivity index (χ2v) is 9.15. The van der Waals surface area contributed by atoms with Gasteiger partial charge in [-0.1, -0.05) is 19.3 Å². The monoisotopic (exact) mass is 362 g/mol. The van der Waals surface area contributed by atoms with Crippen molar-refractivity contribution in [3.63, 3.8) is 0 Å². The van der Waals surface area contributed by atoms with Gasteiger partial charge in [-0.25, -0.2) is 4.98 Å². The molecular formula is C18H22N2O2S2. The molecule has 1 N–H and O–H groups in total. The van der Waals surface area contributed by atoms with Gasteiger partial charge in [0, 0.05) is 11.1 Å². The van der Waals surface area contributed by atoms with E-state index in [1.54, 1.807) is 29.3 Å². The molecule has 1 aliphatic carbocycles. The van der Waals surface area contributed by atoms with Crippen LogP contribution in [0.1, 0.15) is 39.0 Å². The number of fused-ring (bicyclic) bond motifs is 1. The lowest BCUT2D eigenvalue weighted by Gasteiger charge is -2.46. The lowest BCUT2D eigenvalue weighted by atomic mass is 9.69. The second-order valence-electron chi connectivity index (χ2n) is 6.78. The van der Waals surface area contributed by atoms with Gasteiger partial charge in [-0.15, -0.1) is 23.1 Å². The van der Waals surface area contributed by atoms with Crippen LogP contribution >= 0.6 is 23.1 Å². The molecule has 1 amide bonds. The summed E-state index contributed by atoms with van der Waals surface area (Å²) in [7, 11) is 0. The number of rotatable bonds is 3. The van der Waals surface area contributed by atoms with E-state index < -0.39 is 10.3 Å². The molecule has 24 heavy (non-hydrogen) atoms. The van der Waals surface area contributed by atoms with Gasteiger partial charge in [-0.05, 0) is 37.3 Å². The van der Waals surface area contributed by atoms with Crippen molar-refractivity contribution in [3.8, 4) is 0 Å². The fourth-order valence-corrected chi connectivity index (χ4v) is 6.03. The van der Waals surface area contributed by atoms with Crippen molar-refractivity contribution in [2.75, 3.05) is 17.7 Å². The molecule has 2 fully saturated rings. The number of amides is 1. The molecule has 2 aromatic rings. The van der Waals surface area contributed by atoms with Crippen LogP contribution in [0.5, 0.6) is 0 Å². The molecule has 0 aromatic carbocycles. The van der Waals surface area contributed by atoms with Gasteiger partial charge in [0.05, 0.1) is 23.9 Å². The summed E-state index contributed by atoms with van der Waals surface area (Å²) >= 11 is 3.41. The zero-order chi connectivity index (χ0) is 16.6. The van der Waals surface area contributed by atoms with E-state index in [0.29, 0.717) is 0 Å². The van der Waals surface area contributed by atoms with Crippen LogP contribution in [0.15, 0.2) is 23.7 Å². The summed E-state index contributed by atoms with van der Waals surface area (Å²) in [6.07, 6.45) is 6.95. The molecule has 3 heterocycles. The topological polar surface area (TPSA) is 51.2 Å². The van der Waals surface area contributed by atoms with Crippen LogP contribution in [-0.2, 0) is 9.53 Å². The SMILES string of the molecule is CC1(C2(C(=O)Nc3cnc4sccc4c3)CCCCC2)OCCS1. The maximum absolute atomic E-state index is 13.3. The minimum Gasteiger partial charge on any atom is -0.363 e. The highest BCUT2D eigenvalue weighted by molar-refractivity contribution is 8.00. The maximum Gasteiger partial charge on any atom is 0.234 e. The quantitative estimate of drug-likeness (QED) is 0.862. The van der Waals surface area contributed by atoms with E-state index in [0.717, 1.165) is 53.9 Å². The van der Waals surface area contributed by atoms with Crippen molar-refractivity contribution >= 4 is 44.9 Å². The van der Waals surface area contributed by atoms with Crippen molar-refractivity contribution in [1.29, 1.82) is 0 Å². The molecule has 4 nitrogen and oxygen atoms in total. The van der Waals surface area contributed by atoms with Crippen molar-refractivity contribution in [3.05, 3.63) is 23.7 Å². The number of ether oxygens (including phenoxy) is 1. The summed E-state index contributed by atoms with van der Waals surface area (Å²) in [4.78, 5) is 18.4. The van der Waals surface area contributed by atoms with Crippen LogP contribution in [0.4, 0.5) is 5.69 Å². The smallest absolute Gasteiger partial charge is 0.234 e. The summed E-state index contributed by atoms with van der Waals surface area (Å²) in [6.45, 7) is 2.84. The summed E-state index contributed by atoms with van der Waals surface area (Å²) < 4.78 is 6.09. The number of carbonyl (C=O) groups is 1. The molecule has 2 aromatic heterocycles. The Labute approximate surface area is 150 Å². The average molecular weight is 363 g/mol. The number of aromatic nitrogens is 1. The highest BCUT2D eigenvalue weighted by Crippen LogP contribution is 2.54. The Morgan fingerprint density at radius 3 is 2.92 bits per heavy atom. The third-order valence-corrected chi connectivity index (χ3v) is 7.68. The number of hydrogen-bond donors (Lipinski definition) is 1. The molecule has 4 rings (SSSR count). The van der Waals surface area contributed by atoms with Gasteiger partial charge >= 0.3 is 0 Å². The summed E-state index contributed by atoms with van der Waals surface area (Å²) in [5, 5.41) is 6.25. The van der Waals surface area contributed by atoms with E-state index in [1.165, 1.54) is 6.42 Å². The zero-order valence-corrected chi connectivity index (χ0v) is 15.5. The lowest BCUT2D eigenvalue weighted by molar-refractivity contribution is -0.141. The van der Waals surface area contributed by atoms with E-state index >= 15 is 0 Å². The fraction of sp³-hybridized carbons (Fsp3) is 0.556. The van der Waals surface area contributed by atoms with Gasteiger partial charge in [0.15, 0.2) is 0 Å². The number of anilines is 1. The van der Waals surface area contributed by atoms with Crippen molar-refractivity contribution < 1.29 is 9.53 Å². The first kappa shape index (κ1) is 16.4. The average Bonchev–Trinajstić information content (AvgIpc) is 3.24. The van der Waals surface area contributed by atoms with Crippen molar-refractivity contribution in [2.45, 2.75) is 44.0 Å². The van der Waals surface area contributed by atoms with Crippen LogP contribution in [-0.4, -0.2) is 28.2 Å². The third kappa shape index (κ3) is 2.65. The maximum atomic E-state index is 13.3. The van der Waals surface area contributed by atoms with Gasteiger partial charge in [0.25, 0.3) is 0 Å². The van der Waals surface area contributed by atoms with Crippen LogP contribution in [0.3, 0.4) is 0 Å². The Morgan fingerprint density at radius 2 is 2.17 bits per heavy atom. The minimum absolute atomic E-state index is 0.0930. The van der Waals surface area contributed by atoms with Gasteiger partial charge in [-0.3, -0.25) is 4.79 Å². The molecule has 2 aliphatic rings. The zero-order valence-electron chi connectivity index (χ0n) is 13.8. The van der Waals surface area contributed by atoms with E-state index in [-0.39, 0.29) is 5.91 Å². The van der Waals surface area contributed by atoms with E-state index in [1.807, 2.05) is 17.5 Å². The Hall–Kier alpha value is -1.11. The Bertz CT molecular complexity index is 746. The molecule has 6 heteroatoms.